The Morgan fingerprint density at radius 3 is 2.78 bits per heavy atom. The molecular formula is C13H16BrNO2S. The SMILES string of the molecule is Cc1cc(Br)ccc1SCC(=O)N1CC(C)(O)C1. The van der Waals surface area contributed by atoms with Crippen LogP contribution in [0.5, 0.6) is 0 Å². The van der Waals surface area contributed by atoms with Crippen LogP contribution >= 0.6 is 27.7 Å². The second-order valence-corrected chi connectivity index (χ2v) is 6.88. The standard InChI is InChI=1S/C13H16BrNO2S/c1-9-5-10(14)3-4-11(9)18-6-12(16)15-7-13(2,17)8-15/h3-5,17H,6-8H2,1-2H3. The summed E-state index contributed by atoms with van der Waals surface area (Å²) in [6.45, 7) is 4.69. The summed E-state index contributed by atoms with van der Waals surface area (Å²) in [5, 5.41) is 9.59. The van der Waals surface area contributed by atoms with E-state index >= 15 is 0 Å². The van der Waals surface area contributed by atoms with Gasteiger partial charge in [-0.15, -0.1) is 11.8 Å². The van der Waals surface area contributed by atoms with Crippen LogP contribution in [0.1, 0.15) is 12.5 Å². The lowest BCUT2D eigenvalue weighted by Crippen LogP contribution is -2.62. The van der Waals surface area contributed by atoms with Crippen molar-refractivity contribution in [3.63, 3.8) is 0 Å². The number of hydrogen-bond donors (Lipinski definition) is 1. The zero-order chi connectivity index (χ0) is 13.3. The molecule has 1 aromatic rings. The Morgan fingerprint density at radius 2 is 2.22 bits per heavy atom. The number of hydrogen-bond acceptors (Lipinski definition) is 3. The molecule has 0 bridgehead atoms. The lowest BCUT2D eigenvalue weighted by Gasteiger charge is -2.44. The zero-order valence-corrected chi connectivity index (χ0v) is 12.8. The van der Waals surface area contributed by atoms with Gasteiger partial charge in [0.05, 0.1) is 24.4 Å². The molecule has 1 N–H and O–H groups in total. The van der Waals surface area contributed by atoms with Crippen molar-refractivity contribution in [2.45, 2.75) is 24.3 Å². The number of halogens is 1. The molecule has 0 unspecified atom stereocenters. The molecule has 0 atom stereocenters. The molecule has 2 rings (SSSR count). The second kappa shape index (κ2) is 5.23. The number of β-amino-alcohol motifs (C(OH)–C–C–N with tert-alkyl or cyclic N) is 1. The summed E-state index contributed by atoms with van der Waals surface area (Å²) in [6.07, 6.45) is 0. The molecule has 0 saturated carbocycles. The van der Waals surface area contributed by atoms with Crippen molar-refractivity contribution < 1.29 is 9.90 Å². The number of carbonyl (C=O) groups excluding carboxylic acids is 1. The monoisotopic (exact) mass is 329 g/mol. The maximum atomic E-state index is 11.8. The fraction of sp³-hybridized carbons (Fsp3) is 0.462. The zero-order valence-electron chi connectivity index (χ0n) is 10.4. The van der Waals surface area contributed by atoms with Gasteiger partial charge in [0, 0.05) is 9.37 Å². The van der Waals surface area contributed by atoms with Gasteiger partial charge in [-0.2, -0.15) is 0 Å². The molecule has 1 aliphatic heterocycles. The number of aryl methyl sites for hydroxylation is 1. The third-order valence-corrected chi connectivity index (χ3v) is 4.56. The number of benzene rings is 1. The highest BCUT2D eigenvalue weighted by Crippen LogP contribution is 2.27. The van der Waals surface area contributed by atoms with Crippen LogP contribution in [0, 0.1) is 6.92 Å². The third-order valence-electron chi connectivity index (χ3n) is 2.90. The molecule has 1 heterocycles. The van der Waals surface area contributed by atoms with Gasteiger partial charge in [0.15, 0.2) is 0 Å². The van der Waals surface area contributed by atoms with E-state index in [1.807, 2.05) is 25.1 Å². The Kier molecular flexibility index (Phi) is 4.04. The molecule has 98 valence electrons. The van der Waals surface area contributed by atoms with Gasteiger partial charge in [-0.1, -0.05) is 15.9 Å². The van der Waals surface area contributed by atoms with Crippen molar-refractivity contribution in [1.82, 2.24) is 4.90 Å². The van der Waals surface area contributed by atoms with Crippen LogP contribution in [0.15, 0.2) is 27.6 Å². The van der Waals surface area contributed by atoms with Gasteiger partial charge in [-0.3, -0.25) is 4.79 Å². The van der Waals surface area contributed by atoms with Crippen LogP contribution in [0.3, 0.4) is 0 Å². The van der Waals surface area contributed by atoms with Crippen molar-refractivity contribution in [3.05, 3.63) is 28.2 Å². The van der Waals surface area contributed by atoms with Gasteiger partial charge in [0.1, 0.15) is 0 Å². The maximum Gasteiger partial charge on any atom is 0.233 e. The van der Waals surface area contributed by atoms with E-state index in [0.717, 1.165) is 14.9 Å². The minimum absolute atomic E-state index is 0.0915. The van der Waals surface area contributed by atoms with E-state index < -0.39 is 5.60 Å². The van der Waals surface area contributed by atoms with E-state index in [1.54, 1.807) is 23.6 Å². The summed E-state index contributed by atoms with van der Waals surface area (Å²) < 4.78 is 1.05. The summed E-state index contributed by atoms with van der Waals surface area (Å²) in [5.74, 6) is 0.521. The Balaban J connectivity index is 1.86. The molecule has 0 aromatic heterocycles. The Bertz CT molecular complexity index is 468. The largest absolute Gasteiger partial charge is 0.386 e. The van der Waals surface area contributed by atoms with Crippen LogP contribution in [0.2, 0.25) is 0 Å². The van der Waals surface area contributed by atoms with Gasteiger partial charge in [-0.25, -0.2) is 0 Å². The average Bonchev–Trinajstić information content (AvgIpc) is 2.24. The minimum atomic E-state index is -0.687. The molecule has 3 nitrogen and oxygen atoms in total. The second-order valence-electron chi connectivity index (χ2n) is 4.95. The van der Waals surface area contributed by atoms with Gasteiger partial charge in [0.25, 0.3) is 0 Å². The fourth-order valence-electron chi connectivity index (χ4n) is 1.96. The van der Waals surface area contributed by atoms with Crippen LogP contribution in [0.25, 0.3) is 0 Å². The highest BCUT2D eigenvalue weighted by molar-refractivity contribution is 9.10. The normalized spacial score (nSPS) is 17.4. The number of likely N-dealkylation sites (tertiary alicyclic amines) is 1. The van der Waals surface area contributed by atoms with Crippen molar-refractivity contribution in [1.29, 1.82) is 0 Å². The topological polar surface area (TPSA) is 40.5 Å². The maximum absolute atomic E-state index is 11.8. The molecule has 0 spiro atoms. The molecule has 0 radical (unpaired) electrons. The van der Waals surface area contributed by atoms with Gasteiger partial charge >= 0.3 is 0 Å². The smallest absolute Gasteiger partial charge is 0.233 e. The fourth-order valence-corrected chi connectivity index (χ4v) is 3.35. The van der Waals surface area contributed by atoms with Crippen LogP contribution in [-0.2, 0) is 4.79 Å². The summed E-state index contributed by atoms with van der Waals surface area (Å²) in [7, 11) is 0. The van der Waals surface area contributed by atoms with E-state index in [4.69, 9.17) is 0 Å². The summed E-state index contributed by atoms with van der Waals surface area (Å²) >= 11 is 4.97. The summed E-state index contributed by atoms with van der Waals surface area (Å²) in [6, 6.07) is 6.04. The van der Waals surface area contributed by atoms with Crippen molar-refractivity contribution >= 4 is 33.6 Å². The van der Waals surface area contributed by atoms with E-state index in [1.165, 1.54) is 0 Å². The predicted octanol–water partition coefficient (Wildman–Crippen LogP) is 2.44. The first-order valence-corrected chi connectivity index (χ1v) is 7.54. The first kappa shape index (κ1) is 13.9. The number of rotatable bonds is 3. The molecule has 1 saturated heterocycles. The Labute approximate surface area is 120 Å². The third kappa shape index (κ3) is 3.28. The summed E-state index contributed by atoms with van der Waals surface area (Å²) in [4.78, 5) is 14.7. The molecule has 0 aliphatic carbocycles. The first-order chi connectivity index (χ1) is 8.37. The highest BCUT2D eigenvalue weighted by atomic mass is 79.9. The van der Waals surface area contributed by atoms with E-state index in [-0.39, 0.29) is 5.91 Å². The van der Waals surface area contributed by atoms with Crippen LogP contribution in [-0.4, -0.2) is 40.4 Å². The minimum Gasteiger partial charge on any atom is -0.386 e. The van der Waals surface area contributed by atoms with Crippen molar-refractivity contribution in [2.24, 2.45) is 0 Å². The number of amides is 1. The first-order valence-electron chi connectivity index (χ1n) is 5.76. The van der Waals surface area contributed by atoms with Crippen molar-refractivity contribution in [3.8, 4) is 0 Å². The molecule has 18 heavy (non-hydrogen) atoms. The quantitative estimate of drug-likeness (QED) is 0.866. The van der Waals surface area contributed by atoms with Crippen LogP contribution in [0.4, 0.5) is 0 Å². The number of thioether (sulfide) groups is 1. The molecule has 1 amide bonds. The highest BCUT2D eigenvalue weighted by Gasteiger charge is 2.38. The molecule has 1 fully saturated rings. The average molecular weight is 330 g/mol. The summed E-state index contributed by atoms with van der Waals surface area (Å²) in [5.41, 5.74) is 0.478. The lowest BCUT2D eigenvalue weighted by molar-refractivity contribution is -0.149. The number of nitrogens with zero attached hydrogens (tertiary/aromatic N) is 1. The van der Waals surface area contributed by atoms with Crippen molar-refractivity contribution in [2.75, 3.05) is 18.8 Å². The van der Waals surface area contributed by atoms with Crippen LogP contribution < -0.4 is 0 Å². The lowest BCUT2D eigenvalue weighted by atomic mass is 9.97. The van der Waals surface area contributed by atoms with E-state index in [9.17, 15) is 9.90 Å². The van der Waals surface area contributed by atoms with Gasteiger partial charge in [-0.05, 0) is 37.6 Å². The van der Waals surface area contributed by atoms with Gasteiger partial charge in [0.2, 0.25) is 5.91 Å². The molecular weight excluding hydrogens is 314 g/mol. The van der Waals surface area contributed by atoms with Gasteiger partial charge < -0.3 is 10.0 Å². The molecule has 1 aromatic carbocycles. The predicted molar refractivity (Wildman–Crippen MR) is 76.8 cm³/mol. The van der Waals surface area contributed by atoms with E-state index in [2.05, 4.69) is 15.9 Å². The van der Waals surface area contributed by atoms with E-state index in [0.29, 0.717) is 18.8 Å². The Hall–Kier alpha value is -0.520. The number of carbonyl (C=O) groups is 1. The number of aliphatic hydroxyl groups is 1. The Morgan fingerprint density at radius 1 is 1.56 bits per heavy atom. The molecule has 5 heteroatoms. The molecule has 1 aliphatic rings.